The zero-order valence-corrected chi connectivity index (χ0v) is 19.9. The summed E-state index contributed by atoms with van der Waals surface area (Å²) in [6, 6.07) is 8.39. The number of likely N-dealkylation sites (tertiary alicyclic amines) is 1. The monoisotopic (exact) mass is 504 g/mol. The molecule has 2 aromatic carbocycles. The van der Waals surface area contributed by atoms with Crippen LogP contribution in [0.15, 0.2) is 41.3 Å². The van der Waals surface area contributed by atoms with Gasteiger partial charge in [-0.15, -0.1) is 0 Å². The molecule has 0 radical (unpaired) electrons. The maximum absolute atomic E-state index is 13.1. The van der Waals surface area contributed by atoms with Gasteiger partial charge in [0.2, 0.25) is 27.7 Å². The second-order valence-electron chi connectivity index (χ2n) is 9.02. The number of fused-ring (bicyclic) bond motifs is 3. The van der Waals surface area contributed by atoms with E-state index >= 15 is 0 Å². The summed E-state index contributed by atoms with van der Waals surface area (Å²) in [6.07, 6.45) is 2.29. The van der Waals surface area contributed by atoms with E-state index in [2.05, 4.69) is 10.0 Å². The van der Waals surface area contributed by atoms with Crippen LogP contribution in [0.25, 0.3) is 10.8 Å². The minimum absolute atomic E-state index is 0.0489. The van der Waals surface area contributed by atoms with Crippen LogP contribution in [-0.4, -0.2) is 73.7 Å². The van der Waals surface area contributed by atoms with Gasteiger partial charge in [-0.2, -0.15) is 4.72 Å². The van der Waals surface area contributed by atoms with Gasteiger partial charge in [0.15, 0.2) is 0 Å². The number of piperidine rings is 1. The third kappa shape index (κ3) is 4.25. The van der Waals surface area contributed by atoms with Gasteiger partial charge in [-0.05, 0) is 60.7 Å². The van der Waals surface area contributed by atoms with Gasteiger partial charge in [-0.3, -0.25) is 14.4 Å². The Morgan fingerprint density at radius 2 is 1.85 bits per heavy atom. The molecule has 5 rings (SSSR count). The number of halogens is 1. The van der Waals surface area contributed by atoms with E-state index in [1.54, 1.807) is 35.2 Å². The second kappa shape index (κ2) is 8.83. The quantitative estimate of drug-likeness (QED) is 0.636. The Bertz CT molecular complexity index is 1280. The molecule has 9 nitrogen and oxygen atoms in total. The van der Waals surface area contributed by atoms with Gasteiger partial charge in [0.25, 0.3) is 0 Å². The molecule has 0 saturated carbocycles. The van der Waals surface area contributed by atoms with Crippen LogP contribution < -0.4 is 10.0 Å². The molecule has 0 spiro atoms. The lowest BCUT2D eigenvalue weighted by atomic mass is 10.1. The molecule has 180 valence electrons. The molecule has 3 heterocycles. The number of piperazine rings is 1. The van der Waals surface area contributed by atoms with E-state index in [4.69, 9.17) is 11.6 Å². The molecule has 2 aromatic rings. The summed E-state index contributed by atoms with van der Waals surface area (Å²) < 4.78 is 28.6. The fourth-order valence-electron chi connectivity index (χ4n) is 5.12. The number of amides is 3. The maximum atomic E-state index is 13.1. The van der Waals surface area contributed by atoms with Gasteiger partial charge in [0.1, 0.15) is 12.1 Å². The second-order valence-corrected chi connectivity index (χ2v) is 11.2. The summed E-state index contributed by atoms with van der Waals surface area (Å²) in [4.78, 5) is 41.2. The first kappa shape index (κ1) is 23.1. The van der Waals surface area contributed by atoms with E-state index < -0.39 is 28.0 Å². The standard InChI is InChI=1S/C23H25ClN4O5S/c24-16-5-3-15-11-18(7-4-14(15)10-16)34(32,33)26-19-2-1-9-27(23(19)31)13-21(29)28-17-6-8-20(28)22(30)25-12-17/h3-5,7,10-11,17,19-20,26H,1-2,6,8-9,12-13H2,(H,25,30)/t17-,19+,20+/m1/s1. The first-order valence-electron chi connectivity index (χ1n) is 11.3. The van der Waals surface area contributed by atoms with Crippen LogP contribution in [0, 0.1) is 0 Å². The molecule has 0 aliphatic carbocycles. The lowest BCUT2D eigenvalue weighted by Crippen LogP contribution is -2.60. The molecule has 3 aliphatic rings. The lowest BCUT2D eigenvalue weighted by molar-refractivity contribution is -0.148. The maximum Gasteiger partial charge on any atom is 0.243 e. The van der Waals surface area contributed by atoms with Crippen LogP contribution in [0.3, 0.4) is 0 Å². The van der Waals surface area contributed by atoms with Crippen molar-refractivity contribution in [3.8, 4) is 0 Å². The van der Waals surface area contributed by atoms with E-state index in [1.165, 1.54) is 11.0 Å². The molecule has 34 heavy (non-hydrogen) atoms. The van der Waals surface area contributed by atoms with Crippen molar-refractivity contribution < 1.29 is 22.8 Å². The summed E-state index contributed by atoms with van der Waals surface area (Å²) in [6.45, 7) is 0.637. The Balaban J connectivity index is 1.28. The van der Waals surface area contributed by atoms with Crippen LogP contribution in [0.2, 0.25) is 5.02 Å². The molecular formula is C23H25ClN4O5S. The molecule has 2 bridgehead atoms. The normalized spacial score (nSPS) is 25.0. The molecule has 3 atom stereocenters. The molecule has 2 N–H and O–H groups in total. The van der Waals surface area contributed by atoms with Crippen molar-refractivity contribution in [2.75, 3.05) is 19.6 Å². The zero-order chi connectivity index (χ0) is 24.0. The Kier molecular flexibility index (Phi) is 5.99. The molecular weight excluding hydrogens is 480 g/mol. The third-order valence-electron chi connectivity index (χ3n) is 6.84. The van der Waals surface area contributed by atoms with Gasteiger partial charge >= 0.3 is 0 Å². The van der Waals surface area contributed by atoms with Gasteiger partial charge in [-0.25, -0.2) is 8.42 Å². The number of carbonyl (C=O) groups is 3. The topological polar surface area (TPSA) is 116 Å². The van der Waals surface area contributed by atoms with Crippen LogP contribution in [0.5, 0.6) is 0 Å². The summed E-state index contributed by atoms with van der Waals surface area (Å²) >= 11 is 6.00. The van der Waals surface area contributed by atoms with Crippen molar-refractivity contribution in [1.82, 2.24) is 19.8 Å². The van der Waals surface area contributed by atoms with E-state index in [0.29, 0.717) is 37.4 Å². The first-order chi connectivity index (χ1) is 16.2. The Morgan fingerprint density at radius 3 is 2.68 bits per heavy atom. The fourth-order valence-corrected chi connectivity index (χ4v) is 6.56. The Morgan fingerprint density at radius 1 is 1.09 bits per heavy atom. The van der Waals surface area contributed by atoms with Gasteiger partial charge in [-0.1, -0.05) is 23.7 Å². The van der Waals surface area contributed by atoms with E-state index in [9.17, 15) is 22.8 Å². The van der Waals surface area contributed by atoms with Gasteiger partial charge in [0.05, 0.1) is 17.5 Å². The fraction of sp³-hybridized carbons (Fsp3) is 0.435. The highest BCUT2D eigenvalue weighted by molar-refractivity contribution is 7.89. The number of hydrogen-bond acceptors (Lipinski definition) is 5. The predicted molar refractivity (Wildman–Crippen MR) is 126 cm³/mol. The van der Waals surface area contributed by atoms with E-state index in [1.807, 2.05) is 0 Å². The summed E-state index contributed by atoms with van der Waals surface area (Å²) in [5.74, 6) is -0.854. The molecule has 11 heteroatoms. The molecule has 3 aliphatic heterocycles. The van der Waals surface area contributed by atoms with Crippen molar-refractivity contribution in [1.29, 1.82) is 0 Å². The summed E-state index contributed by atoms with van der Waals surface area (Å²) in [5, 5.41) is 4.89. The number of sulfonamides is 1. The minimum Gasteiger partial charge on any atom is -0.352 e. The summed E-state index contributed by atoms with van der Waals surface area (Å²) in [5.41, 5.74) is 0. The average Bonchev–Trinajstić information content (AvgIpc) is 3.15. The molecule has 3 amide bonds. The lowest BCUT2D eigenvalue weighted by Gasteiger charge is -2.37. The number of rotatable bonds is 5. The van der Waals surface area contributed by atoms with E-state index in [-0.39, 0.29) is 29.3 Å². The van der Waals surface area contributed by atoms with Crippen molar-refractivity contribution in [2.24, 2.45) is 0 Å². The average molecular weight is 505 g/mol. The highest BCUT2D eigenvalue weighted by Crippen LogP contribution is 2.28. The van der Waals surface area contributed by atoms with Crippen molar-refractivity contribution in [3.05, 3.63) is 41.4 Å². The summed E-state index contributed by atoms with van der Waals surface area (Å²) in [7, 11) is -3.96. The van der Waals surface area contributed by atoms with Crippen molar-refractivity contribution in [3.63, 3.8) is 0 Å². The van der Waals surface area contributed by atoms with Crippen LogP contribution in [-0.2, 0) is 24.4 Å². The number of carbonyl (C=O) groups excluding carboxylic acids is 3. The number of hydrogen-bond donors (Lipinski definition) is 2. The molecule has 0 unspecified atom stereocenters. The molecule has 3 fully saturated rings. The highest BCUT2D eigenvalue weighted by Gasteiger charge is 2.45. The Labute approximate surface area is 202 Å². The molecule has 0 aromatic heterocycles. The van der Waals surface area contributed by atoms with Gasteiger partial charge in [0, 0.05) is 18.1 Å². The van der Waals surface area contributed by atoms with E-state index in [0.717, 1.165) is 17.2 Å². The predicted octanol–water partition coefficient (Wildman–Crippen LogP) is 1.25. The zero-order valence-electron chi connectivity index (χ0n) is 18.4. The minimum atomic E-state index is -3.96. The largest absolute Gasteiger partial charge is 0.352 e. The Hall–Kier alpha value is -2.69. The smallest absolute Gasteiger partial charge is 0.243 e. The first-order valence-corrected chi connectivity index (χ1v) is 13.2. The van der Waals surface area contributed by atoms with Crippen molar-refractivity contribution >= 4 is 50.1 Å². The van der Waals surface area contributed by atoms with Crippen LogP contribution in [0.1, 0.15) is 25.7 Å². The number of nitrogens with zero attached hydrogens (tertiary/aromatic N) is 2. The van der Waals surface area contributed by atoms with Gasteiger partial charge < -0.3 is 15.1 Å². The number of nitrogens with one attached hydrogen (secondary N) is 2. The third-order valence-corrected chi connectivity index (χ3v) is 8.55. The van der Waals surface area contributed by atoms with Crippen LogP contribution in [0.4, 0.5) is 0 Å². The SMILES string of the molecule is O=C1NC[C@H]2CC[C@@H]1N2C(=O)CN1CCC[C@H](NS(=O)(=O)c2ccc3cc(Cl)ccc3c2)C1=O. The number of benzene rings is 2. The van der Waals surface area contributed by atoms with Crippen molar-refractivity contribution in [2.45, 2.75) is 48.7 Å². The molecule has 3 saturated heterocycles. The van der Waals surface area contributed by atoms with Crippen LogP contribution >= 0.6 is 11.6 Å². The highest BCUT2D eigenvalue weighted by atomic mass is 35.5.